The second-order valence-corrected chi connectivity index (χ2v) is 3.93. The maximum atomic E-state index is 9.66. The molecular weight excluding hydrogens is 158 g/mol. The number of hydrogen-bond acceptors (Lipinski definition) is 3. The molecule has 0 spiro atoms. The van der Waals surface area contributed by atoms with Crippen LogP contribution in [0.1, 0.15) is 25.3 Å². The molecule has 0 fully saturated rings. The van der Waals surface area contributed by atoms with Crippen LogP contribution < -0.4 is 0 Å². The Morgan fingerprint density at radius 3 is 2.91 bits per heavy atom. The van der Waals surface area contributed by atoms with Crippen LogP contribution in [0.25, 0.3) is 0 Å². The lowest BCUT2D eigenvalue weighted by Crippen LogP contribution is -2.25. The molecule has 2 nitrogen and oxygen atoms in total. The topological polar surface area (TPSA) is 33.1 Å². The summed E-state index contributed by atoms with van der Waals surface area (Å²) in [6.45, 7) is 3.82. The molecule has 0 bridgehead atoms. The highest BCUT2D eigenvalue weighted by Gasteiger charge is 2.18. The van der Waals surface area contributed by atoms with Gasteiger partial charge >= 0.3 is 0 Å². The second kappa shape index (κ2) is 3.32. The Morgan fingerprint density at radius 1 is 1.73 bits per heavy atom. The van der Waals surface area contributed by atoms with E-state index in [0.717, 1.165) is 11.4 Å². The van der Waals surface area contributed by atoms with Crippen LogP contribution in [-0.4, -0.2) is 15.7 Å². The van der Waals surface area contributed by atoms with Crippen molar-refractivity contribution in [3.8, 4) is 0 Å². The van der Waals surface area contributed by atoms with Gasteiger partial charge in [0.2, 0.25) is 0 Å². The smallest absolute Gasteiger partial charge is 0.0953 e. The van der Waals surface area contributed by atoms with Crippen molar-refractivity contribution >= 4 is 11.3 Å². The summed E-state index contributed by atoms with van der Waals surface area (Å²) in [5, 5.41) is 12.6. The van der Waals surface area contributed by atoms with Crippen molar-refractivity contribution in [1.29, 1.82) is 0 Å². The number of aromatic nitrogens is 1. The maximum Gasteiger partial charge on any atom is 0.0953 e. The minimum absolute atomic E-state index is 0.585. The van der Waals surface area contributed by atoms with Gasteiger partial charge in [-0.1, -0.05) is 6.92 Å². The van der Waals surface area contributed by atoms with E-state index in [1.807, 2.05) is 19.2 Å². The lowest BCUT2D eigenvalue weighted by atomic mass is 10.0. The van der Waals surface area contributed by atoms with E-state index in [1.54, 1.807) is 17.5 Å². The Balaban J connectivity index is 2.56. The first-order valence-electron chi connectivity index (χ1n) is 3.75. The second-order valence-electron chi connectivity index (χ2n) is 2.95. The molecule has 0 aliphatic rings. The summed E-state index contributed by atoms with van der Waals surface area (Å²) in [7, 11) is 0. The summed E-state index contributed by atoms with van der Waals surface area (Å²) in [4.78, 5) is 4.11. The predicted molar refractivity (Wildman–Crippen MR) is 46.7 cm³/mol. The third-order valence-electron chi connectivity index (χ3n) is 1.78. The van der Waals surface area contributed by atoms with Crippen molar-refractivity contribution < 1.29 is 5.11 Å². The summed E-state index contributed by atoms with van der Waals surface area (Å²) < 4.78 is 0. The predicted octanol–water partition coefficient (Wildman–Crippen LogP) is 1.85. The molecule has 0 aromatic carbocycles. The number of aliphatic hydroxyl groups is 1. The lowest BCUT2D eigenvalue weighted by molar-refractivity contribution is 0.0564. The number of thiazole rings is 1. The quantitative estimate of drug-likeness (QED) is 0.753. The maximum absolute atomic E-state index is 9.66. The highest BCUT2D eigenvalue weighted by molar-refractivity contribution is 7.09. The molecule has 1 atom stereocenters. The molecule has 3 heteroatoms. The largest absolute Gasteiger partial charge is 0.390 e. The molecule has 11 heavy (non-hydrogen) atoms. The first-order chi connectivity index (χ1) is 5.14. The van der Waals surface area contributed by atoms with E-state index in [0.29, 0.717) is 6.42 Å². The Kier molecular flexibility index (Phi) is 2.62. The first-order valence-corrected chi connectivity index (χ1v) is 4.63. The molecule has 0 saturated heterocycles. The SMILES string of the molecule is CCC(C)(O)Cc1nccs1. The van der Waals surface area contributed by atoms with Gasteiger partial charge < -0.3 is 5.11 Å². The van der Waals surface area contributed by atoms with Crippen molar-refractivity contribution in [3.63, 3.8) is 0 Å². The van der Waals surface area contributed by atoms with Crippen molar-refractivity contribution in [1.82, 2.24) is 4.98 Å². The van der Waals surface area contributed by atoms with Crippen molar-refractivity contribution in [3.05, 3.63) is 16.6 Å². The van der Waals surface area contributed by atoms with Gasteiger partial charge in [-0.3, -0.25) is 0 Å². The molecule has 1 unspecified atom stereocenters. The van der Waals surface area contributed by atoms with Crippen LogP contribution >= 0.6 is 11.3 Å². The minimum atomic E-state index is -0.585. The first kappa shape index (κ1) is 8.68. The van der Waals surface area contributed by atoms with Crippen LogP contribution in [0.4, 0.5) is 0 Å². The summed E-state index contributed by atoms with van der Waals surface area (Å²) in [5.41, 5.74) is -0.585. The summed E-state index contributed by atoms with van der Waals surface area (Å²) in [5.74, 6) is 0. The molecule has 0 saturated carbocycles. The van der Waals surface area contributed by atoms with Gasteiger partial charge in [-0.25, -0.2) is 4.98 Å². The van der Waals surface area contributed by atoms with Gasteiger partial charge in [-0.15, -0.1) is 11.3 Å². The highest BCUT2D eigenvalue weighted by atomic mass is 32.1. The van der Waals surface area contributed by atoms with E-state index in [4.69, 9.17) is 0 Å². The van der Waals surface area contributed by atoms with Gasteiger partial charge in [0.25, 0.3) is 0 Å². The average molecular weight is 171 g/mol. The van der Waals surface area contributed by atoms with Gasteiger partial charge in [-0.05, 0) is 13.3 Å². The van der Waals surface area contributed by atoms with Crippen molar-refractivity contribution in [2.24, 2.45) is 0 Å². The van der Waals surface area contributed by atoms with E-state index in [-0.39, 0.29) is 0 Å². The van der Waals surface area contributed by atoms with Crippen molar-refractivity contribution in [2.75, 3.05) is 0 Å². The van der Waals surface area contributed by atoms with Gasteiger partial charge in [0, 0.05) is 18.0 Å². The summed E-state index contributed by atoms with van der Waals surface area (Å²) in [6.07, 6.45) is 3.21. The molecule has 0 aliphatic heterocycles. The highest BCUT2D eigenvalue weighted by Crippen LogP contribution is 2.17. The van der Waals surface area contributed by atoms with Crippen LogP contribution in [0.5, 0.6) is 0 Å². The normalized spacial score (nSPS) is 16.3. The van der Waals surface area contributed by atoms with Crippen LogP contribution in [-0.2, 0) is 6.42 Å². The number of rotatable bonds is 3. The fourth-order valence-electron chi connectivity index (χ4n) is 0.791. The molecule has 62 valence electrons. The number of nitrogens with zero attached hydrogens (tertiary/aromatic N) is 1. The Bertz CT molecular complexity index is 206. The molecule has 1 N–H and O–H groups in total. The van der Waals surface area contributed by atoms with Gasteiger partial charge in [0.05, 0.1) is 10.6 Å². The molecule has 0 aliphatic carbocycles. The Labute approximate surface area is 70.9 Å². The molecule has 1 aromatic rings. The lowest BCUT2D eigenvalue weighted by Gasteiger charge is -2.18. The number of hydrogen-bond donors (Lipinski definition) is 1. The van der Waals surface area contributed by atoms with Gasteiger partial charge in [0.1, 0.15) is 0 Å². The molecular formula is C8H13NOS. The molecule has 1 aromatic heterocycles. The molecule has 1 heterocycles. The van der Waals surface area contributed by atoms with Gasteiger partial charge in [-0.2, -0.15) is 0 Å². The van der Waals surface area contributed by atoms with Gasteiger partial charge in [0.15, 0.2) is 0 Å². The summed E-state index contributed by atoms with van der Waals surface area (Å²) >= 11 is 1.59. The fourth-order valence-corrected chi connectivity index (χ4v) is 1.59. The third-order valence-corrected chi connectivity index (χ3v) is 2.56. The Hall–Kier alpha value is -0.410. The Morgan fingerprint density at radius 2 is 2.45 bits per heavy atom. The molecule has 0 amide bonds. The minimum Gasteiger partial charge on any atom is -0.390 e. The van der Waals surface area contributed by atoms with E-state index in [9.17, 15) is 5.11 Å². The third kappa shape index (κ3) is 2.60. The van der Waals surface area contributed by atoms with Crippen LogP contribution in [0.15, 0.2) is 11.6 Å². The standard InChI is InChI=1S/C8H13NOS/c1-3-8(2,10)6-7-9-4-5-11-7/h4-5,10H,3,6H2,1-2H3. The molecule has 1 rings (SSSR count). The zero-order valence-corrected chi connectivity index (χ0v) is 7.69. The van der Waals surface area contributed by atoms with E-state index >= 15 is 0 Å². The average Bonchev–Trinajstić information content (AvgIpc) is 2.39. The zero-order valence-electron chi connectivity index (χ0n) is 6.87. The van der Waals surface area contributed by atoms with Crippen molar-refractivity contribution in [2.45, 2.75) is 32.3 Å². The van der Waals surface area contributed by atoms with E-state index < -0.39 is 5.60 Å². The van der Waals surface area contributed by atoms with Crippen LogP contribution in [0.2, 0.25) is 0 Å². The van der Waals surface area contributed by atoms with E-state index in [2.05, 4.69) is 4.98 Å². The zero-order chi connectivity index (χ0) is 8.32. The molecule has 0 radical (unpaired) electrons. The fraction of sp³-hybridized carbons (Fsp3) is 0.625. The van der Waals surface area contributed by atoms with Crippen LogP contribution in [0, 0.1) is 0 Å². The van der Waals surface area contributed by atoms with E-state index in [1.165, 1.54) is 0 Å². The monoisotopic (exact) mass is 171 g/mol. The summed E-state index contributed by atoms with van der Waals surface area (Å²) in [6, 6.07) is 0. The van der Waals surface area contributed by atoms with Crippen LogP contribution in [0.3, 0.4) is 0 Å².